The van der Waals surface area contributed by atoms with E-state index in [2.05, 4.69) is 12.2 Å². The molecular formula is C26H22N2O3. The first-order chi connectivity index (χ1) is 15.1. The fourth-order valence-corrected chi connectivity index (χ4v) is 3.95. The van der Waals surface area contributed by atoms with Gasteiger partial charge in [0.05, 0.1) is 16.8 Å². The van der Waals surface area contributed by atoms with Crippen LogP contribution in [0.25, 0.3) is 22.2 Å². The lowest BCUT2D eigenvalue weighted by atomic mass is 10.0. The van der Waals surface area contributed by atoms with Crippen LogP contribution >= 0.6 is 0 Å². The lowest BCUT2D eigenvalue weighted by Gasteiger charge is -2.15. The molecule has 1 aliphatic rings. The molecular weight excluding hydrogens is 388 g/mol. The Bertz CT molecular complexity index is 1310. The molecule has 1 N–H and O–H groups in total. The molecule has 0 unspecified atom stereocenters. The summed E-state index contributed by atoms with van der Waals surface area (Å²) in [6, 6.07) is 21.3. The van der Waals surface area contributed by atoms with Crippen LogP contribution in [0.4, 0.5) is 5.69 Å². The fraction of sp³-hybridized carbons (Fsp3) is 0.154. The number of aromatic nitrogens is 1. The highest BCUT2D eigenvalue weighted by Gasteiger charge is 2.18. The van der Waals surface area contributed by atoms with Crippen LogP contribution in [-0.4, -0.2) is 17.7 Å². The average Bonchev–Trinajstić information content (AvgIpc) is 3.27. The molecule has 3 aromatic carbocycles. The van der Waals surface area contributed by atoms with Crippen LogP contribution in [0.1, 0.15) is 28.4 Å². The standard InChI is InChI=1S/C26H22N2O3/c1-3-17-8-6-7-16(2)25(17)28-26(29)20-14-22(27-21-10-5-4-9-19(20)21)18-11-12-23-24(13-18)31-15-30-23/h4-14H,3,15H2,1-2H3,(H,28,29). The zero-order chi connectivity index (χ0) is 21.4. The van der Waals surface area contributed by atoms with Crippen molar-refractivity contribution in [2.24, 2.45) is 0 Å². The molecule has 0 radical (unpaired) electrons. The first-order valence-electron chi connectivity index (χ1n) is 10.3. The van der Waals surface area contributed by atoms with E-state index in [9.17, 15) is 4.79 Å². The molecule has 0 bridgehead atoms. The van der Waals surface area contributed by atoms with E-state index in [1.54, 1.807) is 0 Å². The second kappa shape index (κ2) is 7.76. The van der Waals surface area contributed by atoms with Gasteiger partial charge in [0.25, 0.3) is 5.91 Å². The monoisotopic (exact) mass is 410 g/mol. The van der Waals surface area contributed by atoms with E-state index in [-0.39, 0.29) is 12.7 Å². The van der Waals surface area contributed by atoms with Crippen LogP contribution in [-0.2, 0) is 6.42 Å². The highest BCUT2D eigenvalue weighted by atomic mass is 16.7. The molecule has 0 saturated carbocycles. The number of rotatable bonds is 4. The number of pyridine rings is 1. The third-order valence-corrected chi connectivity index (χ3v) is 5.61. The molecule has 31 heavy (non-hydrogen) atoms. The number of fused-ring (bicyclic) bond motifs is 2. The first-order valence-corrected chi connectivity index (χ1v) is 10.3. The molecule has 0 fully saturated rings. The van der Waals surface area contributed by atoms with Crippen molar-refractivity contribution >= 4 is 22.5 Å². The van der Waals surface area contributed by atoms with E-state index in [4.69, 9.17) is 14.5 Å². The van der Waals surface area contributed by atoms with Crippen molar-refractivity contribution < 1.29 is 14.3 Å². The minimum atomic E-state index is -0.149. The number of nitrogens with one attached hydrogen (secondary N) is 1. The number of benzene rings is 3. The molecule has 2 heterocycles. The lowest BCUT2D eigenvalue weighted by molar-refractivity contribution is 0.102. The smallest absolute Gasteiger partial charge is 0.256 e. The third kappa shape index (κ3) is 3.48. The molecule has 1 amide bonds. The predicted molar refractivity (Wildman–Crippen MR) is 122 cm³/mol. The Hall–Kier alpha value is -3.86. The quantitative estimate of drug-likeness (QED) is 0.465. The van der Waals surface area contributed by atoms with Crippen molar-refractivity contribution in [3.8, 4) is 22.8 Å². The average molecular weight is 410 g/mol. The van der Waals surface area contributed by atoms with E-state index in [1.807, 2.05) is 73.7 Å². The second-order valence-electron chi connectivity index (χ2n) is 7.56. The normalized spacial score (nSPS) is 12.2. The van der Waals surface area contributed by atoms with Gasteiger partial charge >= 0.3 is 0 Å². The molecule has 1 aromatic heterocycles. The highest BCUT2D eigenvalue weighted by molar-refractivity contribution is 6.13. The maximum atomic E-state index is 13.4. The first kappa shape index (κ1) is 19.1. The number of para-hydroxylation sites is 2. The largest absolute Gasteiger partial charge is 0.454 e. The molecule has 5 rings (SSSR count). The maximum Gasteiger partial charge on any atom is 0.256 e. The van der Waals surface area contributed by atoms with Gasteiger partial charge in [0.15, 0.2) is 11.5 Å². The number of hydrogen-bond donors (Lipinski definition) is 1. The Morgan fingerprint density at radius 3 is 2.71 bits per heavy atom. The molecule has 0 saturated heterocycles. The summed E-state index contributed by atoms with van der Waals surface area (Å²) >= 11 is 0. The SMILES string of the molecule is CCc1cccc(C)c1NC(=O)c1cc(-c2ccc3c(c2)OCO3)nc2ccccc12. The fourth-order valence-electron chi connectivity index (χ4n) is 3.95. The van der Waals surface area contributed by atoms with Crippen molar-refractivity contribution in [2.45, 2.75) is 20.3 Å². The summed E-state index contributed by atoms with van der Waals surface area (Å²) in [5, 5.41) is 3.96. The van der Waals surface area contributed by atoms with Gasteiger partial charge in [0.1, 0.15) is 0 Å². The zero-order valence-corrected chi connectivity index (χ0v) is 17.4. The van der Waals surface area contributed by atoms with Gasteiger partial charge < -0.3 is 14.8 Å². The Morgan fingerprint density at radius 1 is 1.00 bits per heavy atom. The molecule has 0 spiro atoms. The molecule has 4 aromatic rings. The van der Waals surface area contributed by atoms with Crippen molar-refractivity contribution in [2.75, 3.05) is 12.1 Å². The third-order valence-electron chi connectivity index (χ3n) is 5.61. The number of carbonyl (C=O) groups is 1. The minimum absolute atomic E-state index is 0.149. The van der Waals surface area contributed by atoms with E-state index in [0.29, 0.717) is 22.8 Å². The van der Waals surface area contributed by atoms with E-state index >= 15 is 0 Å². The number of ether oxygens (including phenoxy) is 2. The molecule has 0 aliphatic carbocycles. The molecule has 5 nitrogen and oxygen atoms in total. The Kier molecular flexibility index (Phi) is 4.79. The lowest BCUT2D eigenvalue weighted by Crippen LogP contribution is -2.15. The number of amides is 1. The summed E-state index contributed by atoms with van der Waals surface area (Å²) < 4.78 is 10.9. The summed E-state index contributed by atoms with van der Waals surface area (Å²) in [4.78, 5) is 18.2. The van der Waals surface area contributed by atoms with E-state index in [1.165, 1.54) is 0 Å². The van der Waals surface area contributed by atoms with Crippen LogP contribution in [0, 0.1) is 6.92 Å². The van der Waals surface area contributed by atoms with Crippen LogP contribution in [0.3, 0.4) is 0 Å². The topological polar surface area (TPSA) is 60.5 Å². The minimum Gasteiger partial charge on any atom is -0.454 e. The Balaban J connectivity index is 1.61. The number of carbonyl (C=O) groups excluding carboxylic acids is 1. The summed E-state index contributed by atoms with van der Waals surface area (Å²) in [5.74, 6) is 1.25. The summed E-state index contributed by atoms with van der Waals surface area (Å²) in [7, 11) is 0. The van der Waals surface area contributed by atoms with Gasteiger partial charge in [-0.2, -0.15) is 0 Å². The van der Waals surface area contributed by atoms with Crippen LogP contribution < -0.4 is 14.8 Å². The van der Waals surface area contributed by atoms with Crippen molar-refractivity contribution in [1.82, 2.24) is 4.98 Å². The van der Waals surface area contributed by atoms with Crippen LogP contribution in [0.15, 0.2) is 66.7 Å². The van der Waals surface area contributed by atoms with Gasteiger partial charge in [-0.1, -0.05) is 43.3 Å². The molecule has 0 atom stereocenters. The highest BCUT2D eigenvalue weighted by Crippen LogP contribution is 2.36. The van der Waals surface area contributed by atoms with Gasteiger partial charge in [-0.3, -0.25) is 4.79 Å². The van der Waals surface area contributed by atoms with E-state index in [0.717, 1.165) is 39.7 Å². The van der Waals surface area contributed by atoms with Gasteiger partial charge in [-0.05, 0) is 54.8 Å². The molecule has 154 valence electrons. The number of nitrogens with zero attached hydrogens (tertiary/aromatic N) is 1. The van der Waals surface area contributed by atoms with E-state index < -0.39 is 0 Å². The molecule has 5 heteroatoms. The number of hydrogen-bond acceptors (Lipinski definition) is 4. The van der Waals surface area contributed by atoms with Crippen LogP contribution in [0.5, 0.6) is 11.5 Å². The molecule has 1 aliphatic heterocycles. The summed E-state index contributed by atoms with van der Waals surface area (Å²) in [5.41, 5.74) is 5.97. The zero-order valence-electron chi connectivity index (χ0n) is 17.4. The Labute approximate surface area is 180 Å². The van der Waals surface area contributed by atoms with Crippen LogP contribution in [0.2, 0.25) is 0 Å². The number of aryl methyl sites for hydroxylation is 2. The number of anilines is 1. The van der Waals surface area contributed by atoms with Gasteiger partial charge in [0, 0.05) is 16.6 Å². The van der Waals surface area contributed by atoms with Gasteiger partial charge in [-0.15, -0.1) is 0 Å². The van der Waals surface area contributed by atoms with Gasteiger partial charge in [0.2, 0.25) is 6.79 Å². The van der Waals surface area contributed by atoms with Gasteiger partial charge in [-0.25, -0.2) is 4.98 Å². The van der Waals surface area contributed by atoms with Crippen molar-refractivity contribution in [1.29, 1.82) is 0 Å². The van der Waals surface area contributed by atoms with Crippen molar-refractivity contribution in [3.63, 3.8) is 0 Å². The predicted octanol–water partition coefficient (Wildman–Crippen LogP) is 5.75. The summed E-state index contributed by atoms with van der Waals surface area (Å²) in [6.45, 7) is 4.31. The Morgan fingerprint density at radius 2 is 1.84 bits per heavy atom. The summed E-state index contributed by atoms with van der Waals surface area (Å²) in [6.07, 6.45) is 0.844. The second-order valence-corrected chi connectivity index (χ2v) is 7.56. The van der Waals surface area contributed by atoms with Crippen molar-refractivity contribution in [3.05, 3.63) is 83.4 Å². The maximum absolute atomic E-state index is 13.4.